The first kappa shape index (κ1) is 20.1. The fourth-order valence-corrected chi connectivity index (χ4v) is 3.87. The molecular weight excluding hydrogens is 524 g/mol. The molecule has 134 valence electrons. The number of nitro groups is 1. The summed E-state index contributed by atoms with van der Waals surface area (Å²) in [5.74, 6) is -0.558. The minimum absolute atomic E-state index is 0.0720. The maximum Gasteiger partial charge on any atom is 0.271 e. The molecule has 0 fully saturated rings. The van der Waals surface area contributed by atoms with E-state index in [2.05, 4.69) is 58.2 Å². The van der Waals surface area contributed by atoms with Crippen LogP contribution in [0.2, 0.25) is 0 Å². The van der Waals surface area contributed by atoms with Gasteiger partial charge in [0.25, 0.3) is 5.69 Å². The van der Waals surface area contributed by atoms with E-state index < -0.39 is 4.92 Å². The van der Waals surface area contributed by atoms with Gasteiger partial charge in [0, 0.05) is 26.8 Å². The van der Waals surface area contributed by atoms with Crippen molar-refractivity contribution in [1.29, 1.82) is 0 Å². The average Bonchev–Trinajstić information content (AvgIpc) is 2.77. The molecule has 1 N–H and O–H groups in total. The van der Waals surface area contributed by atoms with E-state index in [4.69, 9.17) is 0 Å². The lowest BCUT2D eigenvalue weighted by atomic mass is 10.1. The molecule has 1 aromatic heterocycles. The molecule has 0 aliphatic rings. The van der Waals surface area contributed by atoms with E-state index in [0.29, 0.717) is 21.2 Å². The third kappa shape index (κ3) is 4.48. The van der Waals surface area contributed by atoms with Crippen LogP contribution in [0, 0.1) is 29.9 Å². The first-order chi connectivity index (χ1) is 11.6. The molecule has 1 amide bonds. The van der Waals surface area contributed by atoms with Crippen LogP contribution >= 0.6 is 47.8 Å². The highest BCUT2D eigenvalue weighted by atomic mass is 79.9. The number of rotatable bonds is 5. The van der Waals surface area contributed by atoms with Crippen LogP contribution < -0.4 is 5.32 Å². The van der Waals surface area contributed by atoms with Crippen LogP contribution in [-0.2, 0) is 11.3 Å². The van der Waals surface area contributed by atoms with E-state index in [1.807, 2.05) is 13.8 Å². The molecule has 1 atom stereocenters. The molecule has 1 aromatic carbocycles. The number of nitro benzene ring substituents is 1. The van der Waals surface area contributed by atoms with Gasteiger partial charge in [0.2, 0.25) is 5.91 Å². The van der Waals surface area contributed by atoms with Crippen LogP contribution in [0.15, 0.2) is 25.6 Å². The maximum atomic E-state index is 12.5. The van der Waals surface area contributed by atoms with Gasteiger partial charge in [-0.05, 0) is 61.6 Å². The normalized spacial score (nSPS) is 12.1. The zero-order valence-electron chi connectivity index (χ0n) is 13.6. The Morgan fingerprint density at radius 1 is 1.32 bits per heavy atom. The molecule has 0 radical (unpaired) electrons. The van der Waals surface area contributed by atoms with Crippen LogP contribution in [-0.4, -0.2) is 20.6 Å². The lowest BCUT2D eigenvalue weighted by Crippen LogP contribution is -2.25. The number of amides is 1. The topological polar surface area (TPSA) is 90.1 Å². The molecule has 7 nitrogen and oxygen atoms in total. The molecular formula is C15H15Br3N4O3. The number of halogens is 3. The number of aromatic nitrogens is 2. The summed E-state index contributed by atoms with van der Waals surface area (Å²) >= 11 is 9.99. The molecule has 0 aliphatic carbocycles. The quantitative estimate of drug-likeness (QED) is 0.430. The minimum atomic E-state index is -0.496. The zero-order chi connectivity index (χ0) is 18.9. The zero-order valence-corrected chi connectivity index (χ0v) is 18.4. The van der Waals surface area contributed by atoms with E-state index in [0.717, 1.165) is 15.9 Å². The minimum Gasteiger partial charge on any atom is -0.324 e. The predicted octanol–water partition coefficient (Wildman–Crippen LogP) is 4.97. The van der Waals surface area contributed by atoms with Crippen molar-refractivity contribution in [3.63, 3.8) is 0 Å². The Bertz CT molecular complexity index is 828. The Balaban J connectivity index is 2.16. The van der Waals surface area contributed by atoms with Crippen molar-refractivity contribution in [3.05, 3.63) is 47.1 Å². The fourth-order valence-electron chi connectivity index (χ4n) is 2.23. The van der Waals surface area contributed by atoms with E-state index in [1.165, 1.54) is 12.1 Å². The summed E-state index contributed by atoms with van der Waals surface area (Å²) in [7, 11) is 0. The van der Waals surface area contributed by atoms with Gasteiger partial charge >= 0.3 is 0 Å². The summed E-state index contributed by atoms with van der Waals surface area (Å²) in [6.07, 6.45) is 0. The summed E-state index contributed by atoms with van der Waals surface area (Å²) in [6, 6.07) is 2.70. The van der Waals surface area contributed by atoms with Crippen molar-refractivity contribution in [3.8, 4) is 0 Å². The number of hydrogen-bond acceptors (Lipinski definition) is 4. The van der Waals surface area contributed by atoms with E-state index in [1.54, 1.807) is 11.6 Å². The van der Waals surface area contributed by atoms with Crippen LogP contribution in [0.4, 0.5) is 11.4 Å². The van der Waals surface area contributed by atoms with Gasteiger partial charge in [-0.15, -0.1) is 0 Å². The average molecular weight is 539 g/mol. The fraction of sp³-hybridized carbons (Fsp3) is 0.333. The van der Waals surface area contributed by atoms with Gasteiger partial charge in [-0.25, -0.2) is 0 Å². The van der Waals surface area contributed by atoms with Crippen molar-refractivity contribution in [1.82, 2.24) is 9.78 Å². The lowest BCUT2D eigenvalue weighted by Gasteiger charge is -2.15. The van der Waals surface area contributed by atoms with Crippen molar-refractivity contribution < 1.29 is 9.72 Å². The second kappa shape index (κ2) is 7.96. The molecule has 0 saturated heterocycles. The highest BCUT2D eigenvalue weighted by molar-refractivity contribution is 9.11. The van der Waals surface area contributed by atoms with Crippen LogP contribution in [0.5, 0.6) is 0 Å². The Hall–Kier alpha value is -1.26. The number of nitrogens with one attached hydrogen (secondary N) is 1. The molecule has 25 heavy (non-hydrogen) atoms. The highest BCUT2D eigenvalue weighted by Gasteiger charge is 2.21. The van der Waals surface area contributed by atoms with Crippen molar-refractivity contribution in [2.24, 2.45) is 5.92 Å². The van der Waals surface area contributed by atoms with Gasteiger partial charge < -0.3 is 5.32 Å². The van der Waals surface area contributed by atoms with E-state index in [9.17, 15) is 14.9 Å². The summed E-state index contributed by atoms with van der Waals surface area (Å²) < 4.78 is 3.58. The van der Waals surface area contributed by atoms with E-state index >= 15 is 0 Å². The van der Waals surface area contributed by atoms with Crippen molar-refractivity contribution in [2.45, 2.75) is 27.3 Å². The summed E-state index contributed by atoms with van der Waals surface area (Å²) in [4.78, 5) is 22.9. The Morgan fingerprint density at radius 3 is 2.32 bits per heavy atom. The molecule has 0 spiro atoms. The number of anilines is 1. The standard InChI is InChI=1S/C15H15Br3N4O3/c1-7(6-21-9(3)13(18)8(2)20-21)15(23)19-14-11(16)4-10(22(24)25)5-12(14)17/h4-5,7H,6H2,1-3H3,(H,19,23). The Kier molecular flexibility index (Phi) is 6.39. The second-order valence-electron chi connectivity index (χ2n) is 5.60. The summed E-state index contributed by atoms with van der Waals surface area (Å²) in [5.41, 5.74) is 2.20. The van der Waals surface area contributed by atoms with Gasteiger partial charge in [0.1, 0.15) is 0 Å². The number of carbonyl (C=O) groups is 1. The monoisotopic (exact) mass is 536 g/mol. The molecule has 0 aliphatic heterocycles. The Labute approximate surface area is 169 Å². The van der Waals surface area contributed by atoms with Crippen molar-refractivity contribution >= 4 is 65.1 Å². The van der Waals surface area contributed by atoms with Crippen molar-refractivity contribution in [2.75, 3.05) is 5.32 Å². The van der Waals surface area contributed by atoms with Gasteiger partial charge in [0.15, 0.2) is 0 Å². The molecule has 1 unspecified atom stereocenters. The Morgan fingerprint density at radius 2 is 1.88 bits per heavy atom. The summed E-state index contributed by atoms with van der Waals surface area (Å²) in [5, 5.41) is 18.1. The van der Waals surface area contributed by atoms with Gasteiger partial charge in [0.05, 0.1) is 33.2 Å². The first-order valence-corrected chi connectivity index (χ1v) is 9.63. The number of nitrogens with zero attached hydrogens (tertiary/aromatic N) is 3. The van der Waals surface area contributed by atoms with E-state index in [-0.39, 0.29) is 17.5 Å². The number of non-ortho nitro benzene ring substituents is 1. The second-order valence-corrected chi connectivity index (χ2v) is 8.10. The largest absolute Gasteiger partial charge is 0.324 e. The molecule has 2 aromatic rings. The molecule has 0 saturated carbocycles. The van der Waals surface area contributed by atoms with Gasteiger partial charge in [-0.2, -0.15) is 5.10 Å². The molecule has 0 bridgehead atoms. The van der Waals surface area contributed by atoms with Gasteiger partial charge in [-0.1, -0.05) is 6.92 Å². The van der Waals surface area contributed by atoms with Crippen LogP contribution in [0.1, 0.15) is 18.3 Å². The van der Waals surface area contributed by atoms with Crippen LogP contribution in [0.3, 0.4) is 0 Å². The SMILES string of the molecule is Cc1nn(CC(C)C(=O)Nc2c(Br)cc([N+](=O)[O-])cc2Br)c(C)c1Br. The molecule has 2 rings (SSSR count). The predicted molar refractivity (Wildman–Crippen MR) is 106 cm³/mol. The molecule has 1 heterocycles. The molecule has 10 heteroatoms. The number of carbonyl (C=O) groups excluding carboxylic acids is 1. The first-order valence-electron chi connectivity index (χ1n) is 7.25. The lowest BCUT2D eigenvalue weighted by molar-refractivity contribution is -0.385. The summed E-state index contributed by atoms with van der Waals surface area (Å²) in [6.45, 7) is 6.04. The third-order valence-corrected chi connectivity index (χ3v) is 6.07. The van der Waals surface area contributed by atoms with Gasteiger partial charge in [-0.3, -0.25) is 19.6 Å². The number of hydrogen-bond donors (Lipinski definition) is 1. The third-order valence-electron chi connectivity index (χ3n) is 3.67. The van der Waals surface area contributed by atoms with Crippen LogP contribution in [0.25, 0.3) is 0 Å². The number of aryl methyl sites for hydroxylation is 1. The maximum absolute atomic E-state index is 12.5. The highest BCUT2D eigenvalue weighted by Crippen LogP contribution is 2.35. The number of benzene rings is 1. The smallest absolute Gasteiger partial charge is 0.271 e.